The van der Waals surface area contributed by atoms with Crippen molar-refractivity contribution in [1.82, 2.24) is 24.5 Å². The van der Waals surface area contributed by atoms with Gasteiger partial charge in [0.25, 0.3) is 5.56 Å². The predicted molar refractivity (Wildman–Crippen MR) is 150 cm³/mol. The Morgan fingerprint density at radius 3 is 2.58 bits per heavy atom. The van der Waals surface area contributed by atoms with Gasteiger partial charge in [0.1, 0.15) is 23.2 Å². The van der Waals surface area contributed by atoms with Crippen molar-refractivity contribution in [3.8, 4) is 16.8 Å². The third-order valence-electron chi connectivity index (χ3n) is 6.48. The molecule has 2 N–H and O–H groups in total. The van der Waals surface area contributed by atoms with E-state index in [-0.39, 0.29) is 11.0 Å². The fraction of sp³-hybridized carbons (Fsp3) is 0.0690. The quantitative estimate of drug-likeness (QED) is 0.310. The Balaban J connectivity index is 1.62. The zero-order valence-electron chi connectivity index (χ0n) is 20.2. The molecule has 38 heavy (non-hydrogen) atoms. The molecule has 186 valence electrons. The summed E-state index contributed by atoms with van der Waals surface area (Å²) in [6.07, 6.45) is 6.33. The second-order valence-corrected chi connectivity index (χ2v) is 9.18. The maximum Gasteiger partial charge on any atom is 0.263 e. The molecule has 0 saturated carbocycles. The number of hydrogen-bond donors (Lipinski definition) is 2. The Kier molecular flexibility index (Phi) is 5.94. The Labute approximate surface area is 221 Å². The van der Waals surface area contributed by atoms with Gasteiger partial charge in [0.2, 0.25) is 0 Å². The molecule has 0 unspecified atom stereocenters. The number of aromatic nitrogens is 5. The monoisotopic (exact) mass is 520 g/mol. The van der Waals surface area contributed by atoms with Crippen molar-refractivity contribution in [2.75, 3.05) is 5.32 Å². The number of pyridine rings is 3. The van der Waals surface area contributed by atoms with Crippen molar-refractivity contribution >= 4 is 39.2 Å². The van der Waals surface area contributed by atoms with Crippen LogP contribution >= 0.6 is 11.6 Å². The first-order valence-electron chi connectivity index (χ1n) is 12.0. The zero-order chi connectivity index (χ0) is 26.2. The van der Waals surface area contributed by atoms with Crippen LogP contribution in [-0.2, 0) is 0 Å². The van der Waals surface area contributed by atoms with Crippen molar-refractivity contribution in [1.29, 1.82) is 0 Å². The lowest BCUT2D eigenvalue weighted by molar-refractivity contribution is 0.774. The number of H-pyrrole nitrogens is 1. The fourth-order valence-corrected chi connectivity index (χ4v) is 5.20. The Morgan fingerprint density at radius 2 is 1.79 bits per heavy atom. The predicted octanol–water partition coefficient (Wildman–Crippen LogP) is 5.51. The molecule has 4 aromatic heterocycles. The average Bonchev–Trinajstić information content (AvgIpc) is 2.95. The number of hydrogen-bond acceptors (Lipinski definition) is 6. The summed E-state index contributed by atoms with van der Waals surface area (Å²) in [6, 6.07) is 19.6. The number of nitrogens with one attached hydrogen (secondary N) is 2. The first kappa shape index (κ1) is 23.6. The molecule has 0 fully saturated rings. The van der Waals surface area contributed by atoms with E-state index >= 15 is 0 Å². The van der Waals surface area contributed by atoms with Crippen LogP contribution in [0.5, 0.6) is 0 Å². The summed E-state index contributed by atoms with van der Waals surface area (Å²) in [4.78, 5) is 42.6. The summed E-state index contributed by atoms with van der Waals surface area (Å²) in [5.41, 5.74) is 2.73. The smallest absolute Gasteiger partial charge is 0.263 e. The van der Waals surface area contributed by atoms with Gasteiger partial charge in [-0.1, -0.05) is 54.1 Å². The van der Waals surface area contributed by atoms with Crippen LogP contribution in [0.4, 0.5) is 5.82 Å². The number of benzene rings is 2. The SMILES string of the molecule is C[C@H](Nc1ncnc2[nH]ccc(=O)c12)c1c(Cl)c2cccc(-c3cccnc3)c2c(=O)n1-c1ccccc1. The fourth-order valence-electron chi connectivity index (χ4n) is 4.79. The normalized spacial score (nSPS) is 12.1. The van der Waals surface area contributed by atoms with Gasteiger partial charge >= 0.3 is 0 Å². The highest BCUT2D eigenvalue weighted by Gasteiger charge is 2.24. The van der Waals surface area contributed by atoms with Crippen LogP contribution in [0.15, 0.2) is 101 Å². The van der Waals surface area contributed by atoms with Gasteiger partial charge in [-0.3, -0.25) is 19.1 Å². The lowest BCUT2D eigenvalue weighted by Gasteiger charge is -2.24. The van der Waals surface area contributed by atoms with Crippen LogP contribution in [0.3, 0.4) is 0 Å². The van der Waals surface area contributed by atoms with E-state index in [1.807, 2.05) is 67.6 Å². The number of aromatic amines is 1. The molecular weight excluding hydrogens is 500 g/mol. The number of halogens is 1. The van der Waals surface area contributed by atoms with Crippen LogP contribution in [0.1, 0.15) is 18.7 Å². The molecule has 0 amide bonds. The Bertz CT molecular complexity index is 1910. The third-order valence-corrected chi connectivity index (χ3v) is 6.88. The minimum Gasteiger partial charge on any atom is -0.361 e. The minimum absolute atomic E-state index is 0.218. The molecule has 0 saturated heterocycles. The molecular formula is C29H21ClN6O2. The molecule has 6 rings (SSSR count). The second-order valence-electron chi connectivity index (χ2n) is 8.80. The Morgan fingerprint density at radius 1 is 0.947 bits per heavy atom. The van der Waals surface area contributed by atoms with E-state index in [1.54, 1.807) is 17.0 Å². The molecule has 0 radical (unpaired) electrons. The molecule has 0 aliphatic heterocycles. The van der Waals surface area contributed by atoms with Crippen molar-refractivity contribution in [2.45, 2.75) is 13.0 Å². The summed E-state index contributed by atoms with van der Waals surface area (Å²) in [5, 5.41) is 5.17. The van der Waals surface area contributed by atoms with Crippen LogP contribution < -0.4 is 16.3 Å². The molecule has 8 nitrogen and oxygen atoms in total. The van der Waals surface area contributed by atoms with Crippen molar-refractivity contribution in [3.05, 3.63) is 123 Å². The van der Waals surface area contributed by atoms with E-state index in [0.29, 0.717) is 44.0 Å². The molecule has 2 aromatic carbocycles. The van der Waals surface area contributed by atoms with Crippen LogP contribution in [0.25, 0.3) is 38.6 Å². The van der Waals surface area contributed by atoms with Crippen LogP contribution in [0, 0.1) is 0 Å². The molecule has 9 heteroatoms. The lowest BCUT2D eigenvalue weighted by atomic mass is 9.98. The van der Waals surface area contributed by atoms with E-state index in [2.05, 4.69) is 25.3 Å². The molecule has 6 aromatic rings. The Hall–Kier alpha value is -4.82. The van der Waals surface area contributed by atoms with Gasteiger partial charge in [-0.25, -0.2) is 9.97 Å². The van der Waals surface area contributed by atoms with E-state index in [1.165, 1.54) is 18.6 Å². The van der Waals surface area contributed by atoms with E-state index in [0.717, 1.165) is 11.1 Å². The number of fused-ring (bicyclic) bond motifs is 2. The van der Waals surface area contributed by atoms with Gasteiger partial charge in [0.05, 0.1) is 22.1 Å². The largest absolute Gasteiger partial charge is 0.361 e. The molecule has 0 bridgehead atoms. The van der Waals surface area contributed by atoms with E-state index < -0.39 is 6.04 Å². The van der Waals surface area contributed by atoms with Gasteiger partial charge in [-0.15, -0.1) is 0 Å². The number of anilines is 1. The topological polar surface area (TPSA) is 106 Å². The summed E-state index contributed by atoms with van der Waals surface area (Å²) in [7, 11) is 0. The maximum atomic E-state index is 14.3. The highest BCUT2D eigenvalue weighted by Crippen LogP contribution is 2.36. The minimum atomic E-state index is -0.514. The maximum absolute atomic E-state index is 14.3. The molecule has 0 aliphatic rings. The van der Waals surface area contributed by atoms with Gasteiger partial charge in [-0.05, 0) is 30.7 Å². The van der Waals surface area contributed by atoms with Gasteiger partial charge in [-0.2, -0.15) is 0 Å². The van der Waals surface area contributed by atoms with Crippen LogP contribution in [0.2, 0.25) is 5.02 Å². The molecule has 1 atom stereocenters. The standard InChI is InChI=1S/C29H21ClN6O2/c1-17(35-28-24-22(37)12-14-32-27(24)33-16-34-28)26-25(30)21-11-5-10-20(18-7-6-13-31-15-18)23(21)29(38)36(26)19-8-3-2-4-9-19/h2-17H,1H3,(H2,32,33,34,35,37)/t17-/m0/s1. The molecule has 4 heterocycles. The lowest BCUT2D eigenvalue weighted by Crippen LogP contribution is -2.27. The molecule has 0 aliphatic carbocycles. The first-order chi connectivity index (χ1) is 18.5. The van der Waals surface area contributed by atoms with E-state index in [9.17, 15) is 9.59 Å². The second kappa shape index (κ2) is 9.57. The summed E-state index contributed by atoms with van der Waals surface area (Å²) >= 11 is 7.12. The number of rotatable bonds is 5. The first-order valence-corrected chi connectivity index (χ1v) is 12.3. The van der Waals surface area contributed by atoms with Gasteiger partial charge < -0.3 is 10.3 Å². The number of nitrogens with zero attached hydrogens (tertiary/aromatic N) is 4. The zero-order valence-corrected chi connectivity index (χ0v) is 21.0. The van der Waals surface area contributed by atoms with Crippen molar-refractivity contribution in [2.24, 2.45) is 0 Å². The van der Waals surface area contributed by atoms with Crippen molar-refractivity contribution in [3.63, 3.8) is 0 Å². The average molecular weight is 521 g/mol. The highest BCUT2D eigenvalue weighted by molar-refractivity contribution is 6.36. The third kappa shape index (κ3) is 3.91. The van der Waals surface area contributed by atoms with E-state index in [4.69, 9.17) is 11.6 Å². The summed E-state index contributed by atoms with van der Waals surface area (Å²) in [6.45, 7) is 1.88. The van der Waals surface area contributed by atoms with Gasteiger partial charge in [0, 0.05) is 41.3 Å². The van der Waals surface area contributed by atoms with Gasteiger partial charge in [0.15, 0.2) is 5.43 Å². The summed E-state index contributed by atoms with van der Waals surface area (Å²) < 4.78 is 1.62. The highest BCUT2D eigenvalue weighted by atomic mass is 35.5. The number of para-hydroxylation sites is 1. The van der Waals surface area contributed by atoms with Crippen LogP contribution in [-0.4, -0.2) is 24.5 Å². The van der Waals surface area contributed by atoms with Crippen molar-refractivity contribution < 1.29 is 0 Å². The summed E-state index contributed by atoms with van der Waals surface area (Å²) in [5.74, 6) is 0.344. The molecule has 0 spiro atoms.